The lowest BCUT2D eigenvalue weighted by Gasteiger charge is -2.05. The summed E-state index contributed by atoms with van der Waals surface area (Å²) in [7, 11) is 0. The van der Waals surface area contributed by atoms with E-state index in [1.807, 2.05) is 5.83 Å². The molecule has 0 atom stereocenters. The van der Waals surface area contributed by atoms with E-state index in [4.69, 9.17) is 0 Å². The molecule has 0 aliphatic rings. The van der Waals surface area contributed by atoms with Crippen LogP contribution < -0.4 is 0 Å². The maximum Gasteiger partial charge on any atom is 0.433 e. The van der Waals surface area contributed by atoms with Gasteiger partial charge in [0.25, 0.3) is 0 Å². The van der Waals surface area contributed by atoms with Crippen LogP contribution in [0.5, 0.6) is 0 Å². The molecule has 0 radical (unpaired) electrons. The Morgan fingerprint density at radius 1 is 0.828 bits per heavy atom. The molecule has 2 aromatic heterocycles. The van der Waals surface area contributed by atoms with Crippen molar-refractivity contribution in [3.05, 3.63) is 59.2 Å². The largest absolute Gasteiger partial charge is 0.433 e. The van der Waals surface area contributed by atoms with E-state index >= 15 is 0 Å². The Morgan fingerprint density at radius 3 is 1.45 bits per heavy atom. The van der Waals surface area contributed by atoms with E-state index in [1.165, 1.54) is 6.92 Å². The number of pyridine rings is 2. The summed E-state index contributed by atoms with van der Waals surface area (Å²) in [5.74, 6) is 1.21. The van der Waals surface area contributed by atoms with Crippen LogP contribution in [-0.2, 0) is 12.4 Å². The Kier molecular flexibility index (Phi) is 11.3. The van der Waals surface area contributed by atoms with E-state index in [0.29, 0.717) is 0 Å². The summed E-state index contributed by atoms with van der Waals surface area (Å²) < 4.78 is 72.1. The lowest BCUT2D eigenvalue weighted by atomic mass is 10.2. The first-order valence-electron chi connectivity index (χ1n) is 7.40. The van der Waals surface area contributed by atoms with Crippen LogP contribution in [-0.4, -0.2) is 32.7 Å². The molecule has 12 heteroatoms. The van der Waals surface area contributed by atoms with Crippen molar-refractivity contribution in [2.45, 2.75) is 19.3 Å². The number of Topliss-reactive ketones (excluding diaryl/α,β-unsaturated/α-hetero) is 2. The molecule has 4 nitrogen and oxygen atoms in total. The molecule has 2 aromatic rings. The Morgan fingerprint density at radius 2 is 1.21 bits per heavy atom. The number of alkyl halides is 8. The number of hydrogen-bond acceptors (Lipinski definition) is 4. The zero-order valence-electron chi connectivity index (χ0n) is 14.9. The first kappa shape index (κ1) is 27.2. The van der Waals surface area contributed by atoms with Crippen molar-refractivity contribution >= 4 is 43.4 Å². The van der Waals surface area contributed by atoms with Gasteiger partial charge in [0.05, 0.1) is 5.33 Å². The SMILES string of the molecule is CBr.CC(=O)c1ccc(C(F)(F)F)nc1.O=C(CBr)c1ccc(C(F)(F)F)nc1. The normalized spacial score (nSPS) is 10.8. The summed E-state index contributed by atoms with van der Waals surface area (Å²) >= 11 is 5.85. The molecular formula is C17H14Br2F6N2O2. The molecule has 0 amide bonds. The van der Waals surface area contributed by atoms with Gasteiger partial charge in [-0.15, -0.1) is 0 Å². The molecule has 2 rings (SSSR count). The van der Waals surface area contributed by atoms with Crippen molar-refractivity contribution in [3.63, 3.8) is 0 Å². The lowest BCUT2D eigenvalue weighted by Crippen LogP contribution is -2.09. The third kappa shape index (κ3) is 9.48. The summed E-state index contributed by atoms with van der Waals surface area (Å²) in [6, 6.07) is 3.80. The van der Waals surface area contributed by atoms with E-state index in [-0.39, 0.29) is 28.0 Å². The quantitative estimate of drug-likeness (QED) is 0.267. The monoisotopic (exact) mass is 550 g/mol. The predicted molar refractivity (Wildman–Crippen MR) is 101 cm³/mol. The first-order valence-corrected chi connectivity index (χ1v) is 10.1. The van der Waals surface area contributed by atoms with Gasteiger partial charge in [0.1, 0.15) is 11.4 Å². The maximum atomic E-state index is 12.0. The van der Waals surface area contributed by atoms with Crippen molar-refractivity contribution in [3.8, 4) is 0 Å². The molecule has 0 aromatic carbocycles. The third-order valence-electron chi connectivity index (χ3n) is 2.96. The summed E-state index contributed by atoms with van der Waals surface area (Å²) in [6.45, 7) is 1.27. The Balaban J connectivity index is 0.000000499. The van der Waals surface area contributed by atoms with E-state index in [1.54, 1.807) is 0 Å². The minimum atomic E-state index is -4.46. The molecule has 2 heterocycles. The number of nitrogens with zero attached hydrogens (tertiary/aromatic N) is 2. The minimum absolute atomic E-state index is 0.0695. The van der Waals surface area contributed by atoms with Gasteiger partial charge in [-0.25, -0.2) is 0 Å². The molecule has 0 N–H and O–H groups in total. The molecule has 160 valence electrons. The number of ketones is 2. The van der Waals surface area contributed by atoms with Crippen LogP contribution in [0, 0.1) is 0 Å². The summed E-state index contributed by atoms with van der Waals surface area (Å²) in [6.07, 6.45) is -7.07. The molecule has 29 heavy (non-hydrogen) atoms. The van der Waals surface area contributed by atoms with Crippen LogP contribution in [0.4, 0.5) is 26.3 Å². The van der Waals surface area contributed by atoms with E-state index < -0.39 is 23.7 Å². The highest BCUT2D eigenvalue weighted by atomic mass is 79.9. The molecule has 0 saturated carbocycles. The topological polar surface area (TPSA) is 59.9 Å². The number of rotatable bonds is 3. The van der Waals surface area contributed by atoms with Gasteiger partial charge in [0.15, 0.2) is 11.6 Å². The van der Waals surface area contributed by atoms with Crippen LogP contribution in [0.25, 0.3) is 0 Å². The van der Waals surface area contributed by atoms with Crippen molar-refractivity contribution in [2.24, 2.45) is 0 Å². The highest BCUT2D eigenvalue weighted by Gasteiger charge is 2.32. The summed E-state index contributed by atoms with van der Waals surface area (Å²) in [5, 5.41) is 0.0695. The second kappa shape index (κ2) is 12.0. The van der Waals surface area contributed by atoms with Gasteiger partial charge >= 0.3 is 12.4 Å². The Bertz CT molecular complexity index is 792. The Labute approximate surface area is 179 Å². The summed E-state index contributed by atoms with van der Waals surface area (Å²) in [5.41, 5.74) is -1.65. The van der Waals surface area contributed by atoms with Gasteiger partial charge in [0.2, 0.25) is 0 Å². The number of carbonyl (C=O) groups excluding carboxylic acids is 2. The van der Waals surface area contributed by atoms with E-state index in [2.05, 4.69) is 41.8 Å². The fourth-order valence-electron chi connectivity index (χ4n) is 1.57. The van der Waals surface area contributed by atoms with Crippen LogP contribution in [0.15, 0.2) is 36.7 Å². The van der Waals surface area contributed by atoms with Crippen molar-refractivity contribution in [1.82, 2.24) is 9.97 Å². The fraction of sp³-hybridized carbons (Fsp3) is 0.294. The summed E-state index contributed by atoms with van der Waals surface area (Å²) in [4.78, 5) is 28.0. The zero-order chi connectivity index (χ0) is 22.8. The molecule has 0 aliphatic carbocycles. The molecule has 0 spiro atoms. The van der Waals surface area contributed by atoms with E-state index in [9.17, 15) is 35.9 Å². The van der Waals surface area contributed by atoms with Crippen molar-refractivity contribution < 1.29 is 35.9 Å². The number of halogens is 8. The van der Waals surface area contributed by atoms with Crippen LogP contribution >= 0.6 is 31.9 Å². The van der Waals surface area contributed by atoms with Gasteiger partial charge in [-0.2, -0.15) is 26.3 Å². The van der Waals surface area contributed by atoms with E-state index in [0.717, 1.165) is 36.7 Å². The van der Waals surface area contributed by atoms with Crippen molar-refractivity contribution in [1.29, 1.82) is 0 Å². The minimum Gasteiger partial charge on any atom is -0.294 e. The van der Waals surface area contributed by atoms with Gasteiger partial charge in [0, 0.05) is 23.5 Å². The Hall–Kier alpha value is -1.82. The molecule has 0 aliphatic heterocycles. The molecule has 0 saturated heterocycles. The number of carbonyl (C=O) groups is 2. The van der Waals surface area contributed by atoms with Crippen molar-refractivity contribution in [2.75, 3.05) is 11.2 Å². The smallest absolute Gasteiger partial charge is 0.294 e. The fourth-order valence-corrected chi connectivity index (χ4v) is 1.90. The molecule has 0 fully saturated rings. The average molecular weight is 552 g/mol. The highest BCUT2D eigenvalue weighted by molar-refractivity contribution is 9.09. The zero-order valence-corrected chi connectivity index (χ0v) is 18.1. The van der Waals surface area contributed by atoms with Gasteiger partial charge in [-0.1, -0.05) is 31.9 Å². The molecule has 0 unspecified atom stereocenters. The van der Waals surface area contributed by atoms with Gasteiger partial charge < -0.3 is 0 Å². The second-order valence-electron chi connectivity index (χ2n) is 4.97. The number of aromatic nitrogens is 2. The average Bonchev–Trinajstić information content (AvgIpc) is 2.68. The maximum absolute atomic E-state index is 12.0. The van der Waals surface area contributed by atoms with Crippen LogP contribution in [0.3, 0.4) is 0 Å². The number of hydrogen-bond donors (Lipinski definition) is 0. The van der Waals surface area contributed by atoms with Gasteiger partial charge in [-0.3, -0.25) is 19.6 Å². The predicted octanol–water partition coefficient (Wildman–Crippen LogP) is 5.99. The molecular weight excluding hydrogens is 538 g/mol. The van der Waals surface area contributed by atoms with Crippen LogP contribution in [0.1, 0.15) is 39.0 Å². The lowest BCUT2D eigenvalue weighted by molar-refractivity contribution is -0.142. The first-order chi connectivity index (χ1) is 13.4. The standard InChI is InChI=1S/C8H5BrF3NO.C8H6F3NO.CH3Br/c9-3-6(14)5-1-2-7(13-4-5)8(10,11)12;1-5(13)6-2-3-7(12-4-6)8(9,10)11;1-2/h1-2,4H,3H2;2-4H,1H3;1H3. The third-order valence-corrected chi connectivity index (χ3v) is 3.47. The molecule has 0 bridgehead atoms. The van der Waals surface area contributed by atoms with Gasteiger partial charge in [-0.05, 0) is 37.0 Å². The highest BCUT2D eigenvalue weighted by Crippen LogP contribution is 2.28. The van der Waals surface area contributed by atoms with Crippen LogP contribution in [0.2, 0.25) is 0 Å². The second-order valence-corrected chi connectivity index (χ2v) is 5.53.